The lowest BCUT2D eigenvalue weighted by Gasteiger charge is -2.06. The van der Waals surface area contributed by atoms with Crippen LogP contribution < -0.4 is 16.3 Å². The van der Waals surface area contributed by atoms with Gasteiger partial charge in [0, 0.05) is 5.75 Å². The fourth-order valence-electron chi connectivity index (χ4n) is 0.674. The van der Waals surface area contributed by atoms with E-state index in [2.05, 4.69) is 17.5 Å². The molecule has 0 aliphatic carbocycles. The number of aromatic hydroxyl groups is 1. The van der Waals surface area contributed by atoms with Crippen LogP contribution >= 0.6 is 12.6 Å². The molecule has 1 rings (SSSR count). The number of nitrogens with two attached hydrogens (primary N) is 1. The molecule has 1 aromatic heterocycles. The Hall–Kier alpha value is -1.41. The molecule has 7 nitrogen and oxygen atoms in total. The standard InChI is InChI=1S/C6H9N3O4S/c7-3(2-14)5(11)13-9-1-4(10)8-6(9)12/h1,3,10,14H,2,7H2,(H,8,12)/t3-/m0/s1. The van der Waals surface area contributed by atoms with Crippen LogP contribution in [0.1, 0.15) is 0 Å². The van der Waals surface area contributed by atoms with E-state index in [4.69, 9.17) is 10.8 Å². The smallest absolute Gasteiger partial charge is 0.361 e. The zero-order valence-corrected chi connectivity index (χ0v) is 7.90. The van der Waals surface area contributed by atoms with Gasteiger partial charge in [-0.15, -0.1) is 4.73 Å². The molecule has 1 heterocycles. The van der Waals surface area contributed by atoms with Crippen LogP contribution in [0, 0.1) is 0 Å². The highest BCUT2D eigenvalue weighted by atomic mass is 32.1. The number of aromatic amines is 1. The maximum Gasteiger partial charge on any atom is 0.361 e. The second-order valence-corrected chi connectivity index (χ2v) is 2.83. The van der Waals surface area contributed by atoms with Crippen molar-refractivity contribution in [1.29, 1.82) is 0 Å². The third kappa shape index (κ3) is 2.30. The van der Waals surface area contributed by atoms with Gasteiger partial charge in [-0.1, -0.05) is 0 Å². The van der Waals surface area contributed by atoms with Gasteiger partial charge in [0.05, 0.1) is 0 Å². The van der Waals surface area contributed by atoms with E-state index in [1.807, 2.05) is 4.98 Å². The average molecular weight is 219 g/mol. The summed E-state index contributed by atoms with van der Waals surface area (Å²) in [6.45, 7) is 0. The maximum atomic E-state index is 11.1. The van der Waals surface area contributed by atoms with Crippen molar-refractivity contribution >= 4 is 18.6 Å². The van der Waals surface area contributed by atoms with E-state index in [0.29, 0.717) is 4.73 Å². The molecule has 8 heteroatoms. The van der Waals surface area contributed by atoms with Crippen molar-refractivity contribution in [1.82, 2.24) is 9.71 Å². The topological polar surface area (TPSA) is 110 Å². The number of rotatable bonds is 3. The van der Waals surface area contributed by atoms with Gasteiger partial charge < -0.3 is 15.7 Å². The summed E-state index contributed by atoms with van der Waals surface area (Å²) in [6.07, 6.45) is 0.922. The first-order valence-corrected chi connectivity index (χ1v) is 4.27. The van der Waals surface area contributed by atoms with Crippen molar-refractivity contribution in [2.24, 2.45) is 5.73 Å². The van der Waals surface area contributed by atoms with E-state index < -0.39 is 23.6 Å². The number of carbonyl (C=O) groups excluding carboxylic acids is 1. The van der Waals surface area contributed by atoms with Gasteiger partial charge in [0.25, 0.3) is 0 Å². The Bertz CT molecular complexity index is 385. The van der Waals surface area contributed by atoms with E-state index in [-0.39, 0.29) is 5.75 Å². The SMILES string of the molecule is N[C@@H](CS)C(=O)On1cc(O)[nH]c1=O. The summed E-state index contributed by atoms with van der Waals surface area (Å²) in [5.74, 6) is -1.10. The van der Waals surface area contributed by atoms with Gasteiger partial charge in [0.2, 0.25) is 5.88 Å². The van der Waals surface area contributed by atoms with Gasteiger partial charge in [0.15, 0.2) is 0 Å². The molecule has 14 heavy (non-hydrogen) atoms. The minimum absolute atomic E-state index is 0.101. The minimum Gasteiger partial charge on any atom is -0.493 e. The number of nitrogens with one attached hydrogen (secondary N) is 1. The summed E-state index contributed by atoms with van der Waals surface area (Å²) in [5, 5.41) is 8.83. The van der Waals surface area contributed by atoms with Crippen molar-refractivity contribution in [3.05, 3.63) is 16.7 Å². The first-order chi connectivity index (χ1) is 6.54. The first-order valence-electron chi connectivity index (χ1n) is 3.64. The van der Waals surface area contributed by atoms with Crippen molar-refractivity contribution in [3.8, 4) is 5.88 Å². The van der Waals surface area contributed by atoms with Crippen LogP contribution in [-0.4, -0.2) is 32.6 Å². The van der Waals surface area contributed by atoms with Crippen LogP contribution in [-0.2, 0) is 4.79 Å². The normalized spacial score (nSPS) is 12.4. The quantitative estimate of drug-likeness (QED) is 0.443. The number of H-pyrrole nitrogens is 1. The molecular formula is C6H9N3O4S. The van der Waals surface area contributed by atoms with E-state index in [9.17, 15) is 9.59 Å². The molecule has 78 valence electrons. The second kappa shape index (κ2) is 4.20. The summed E-state index contributed by atoms with van der Waals surface area (Å²) >= 11 is 3.78. The third-order valence-corrected chi connectivity index (χ3v) is 1.76. The Morgan fingerprint density at radius 2 is 2.50 bits per heavy atom. The zero-order chi connectivity index (χ0) is 10.7. The number of aromatic nitrogens is 2. The lowest BCUT2D eigenvalue weighted by atomic mass is 10.4. The van der Waals surface area contributed by atoms with Gasteiger partial charge in [-0.2, -0.15) is 12.6 Å². The highest BCUT2D eigenvalue weighted by Gasteiger charge is 2.15. The molecule has 4 N–H and O–H groups in total. The van der Waals surface area contributed by atoms with Gasteiger partial charge in [0.1, 0.15) is 12.2 Å². The Morgan fingerprint density at radius 1 is 1.86 bits per heavy atom. The lowest BCUT2D eigenvalue weighted by molar-refractivity contribution is -0.145. The summed E-state index contributed by atoms with van der Waals surface area (Å²) in [7, 11) is 0. The zero-order valence-electron chi connectivity index (χ0n) is 7.01. The monoisotopic (exact) mass is 219 g/mol. The molecule has 1 aromatic rings. The van der Waals surface area contributed by atoms with E-state index in [1.54, 1.807) is 0 Å². The van der Waals surface area contributed by atoms with Crippen molar-refractivity contribution < 1.29 is 14.7 Å². The van der Waals surface area contributed by atoms with E-state index in [1.165, 1.54) is 0 Å². The fraction of sp³-hybridized carbons (Fsp3) is 0.333. The predicted octanol–water partition coefficient (Wildman–Crippen LogP) is -1.91. The number of imidazole rings is 1. The van der Waals surface area contributed by atoms with Crippen molar-refractivity contribution in [2.75, 3.05) is 5.75 Å². The fourth-order valence-corrected chi connectivity index (χ4v) is 0.823. The van der Waals surface area contributed by atoms with Crippen LogP contribution in [0.5, 0.6) is 5.88 Å². The second-order valence-electron chi connectivity index (χ2n) is 2.47. The van der Waals surface area contributed by atoms with Crippen LogP contribution in [0.25, 0.3) is 0 Å². The summed E-state index contributed by atoms with van der Waals surface area (Å²) in [4.78, 5) is 28.5. The molecule has 0 saturated heterocycles. The van der Waals surface area contributed by atoms with E-state index in [0.717, 1.165) is 6.20 Å². The summed E-state index contributed by atoms with van der Waals surface area (Å²) < 4.78 is 0.557. The van der Waals surface area contributed by atoms with Gasteiger partial charge in [-0.25, -0.2) is 9.59 Å². The Morgan fingerprint density at radius 3 is 2.93 bits per heavy atom. The molecule has 0 aliphatic rings. The predicted molar refractivity (Wildman–Crippen MR) is 50.1 cm³/mol. The molecule has 0 fully saturated rings. The Balaban J connectivity index is 2.74. The molecular weight excluding hydrogens is 210 g/mol. The molecule has 0 unspecified atom stereocenters. The minimum atomic E-state index is -0.915. The van der Waals surface area contributed by atoms with Crippen LogP contribution in [0.3, 0.4) is 0 Å². The van der Waals surface area contributed by atoms with E-state index >= 15 is 0 Å². The first kappa shape index (κ1) is 10.7. The third-order valence-electron chi connectivity index (χ3n) is 1.36. The Kier molecular flexibility index (Phi) is 3.20. The summed E-state index contributed by atoms with van der Waals surface area (Å²) in [6, 6.07) is -0.915. The summed E-state index contributed by atoms with van der Waals surface area (Å²) in [5.41, 5.74) is 4.52. The number of hydrogen-bond acceptors (Lipinski definition) is 6. The molecule has 0 saturated carbocycles. The number of hydrogen-bond donors (Lipinski definition) is 4. The molecule has 0 bridgehead atoms. The average Bonchev–Trinajstić information content (AvgIpc) is 2.44. The molecule has 1 atom stereocenters. The molecule has 0 aliphatic heterocycles. The van der Waals surface area contributed by atoms with Gasteiger partial charge >= 0.3 is 11.7 Å². The Labute approximate surface area is 83.8 Å². The highest BCUT2D eigenvalue weighted by Crippen LogP contribution is 1.96. The van der Waals surface area contributed by atoms with Crippen molar-refractivity contribution in [3.63, 3.8) is 0 Å². The van der Waals surface area contributed by atoms with Crippen LogP contribution in [0.2, 0.25) is 0 Å². The number of thiol groups is 1. The largest absolute Gasteiger partial charge is 0.493 e. The van der Waals surface area contributed by atoms with Crippen molar-refractivity contribution in [2.45, 2.75) is 6.04 Å². The van der Waals surface area contributed by atoms with Crippen LogP contribution in [0.15, 0.2) is 11.0 Å². The molecule has 0 aromatic carbocycles. The lowest BCUT2D eigenvalue weighted by Crippen LogP contribution is -2.41. The number of nitrogens with zero attached hydrogens (tertiary/aromatic N) is 1. The number of carbonyl (C=O) groups is 1. The van der Waals surface area contributed by atoms with Crippen LogP contribution in [0.4, 0.5) is 0 Å². The molecule has 0 spiro atoms. The van der Waals surface area contributed by atoms with Gasteiger partial charge in [-0.05, 0) is 0 Å². The molecule has 0 amide bonds. The van der Waals surface area contributed by atoms with Gasteiger partial charge in [-0.3, -0.25) is 4.98 Å². The maximum absolute atomic E-state index is 11.1. The molecule has 0 radical (unpaired) electrons. The highest BCUT2D eigenvalue weighted by molar-refractivity contribution is 7.80.